The standard InChI is InChI=1S/C23H18F6N4O2/c24-22(25,26)10-5-17(30)20(32-8-10)34-12-1-2-13-14-3-4-15(16(13)7-12)19(14)35-21-18(31)6-11(9-33-21)23(27,28)29/h1-2,5-9,14-15,19H,3-4,30-31H2. The summed E-state index contributed by atoms with van der Waals surface area (Å²) in [5, 5.41) is 0. The van der Waals surface area contributed by atoms with E-state index in [1.165, 1.54) is 0 Å². The lowest BCUT2D eigenvalue weighted by atomic mass is 9.92. The van der Waals surface area contributed by atoms with Gasteiger partial charge in [-0.1, -0.05) is 6.07 Å². The monoisotopic (exact) mass is 496 g/mol. The molecule has 0 radical (unpaired) electrons. The van der Waals surface area contributed by atoms with Crippen molar-refractivity contribution in [2.24, 2.45) is 0 Å². The molecule has 2 aliphatic rings. The zero-order valence-electron chi connectivity index (χ0n) is 17.8. The van der Waals surface area contributed by atoms with E-state index in [1.54, 1.807) is 12.1 Å². The molecule has 0 saturated heterocycles. The van der Waals surface area contributed by atoms with Gasteiger partial charge in [-0.25, -0.2) is 9.97 Å². The number of nitrogens with two attached hydrogens (primary N) is 2. The van der Waals surface area contributed by atoms with Crippen molar-refractivity contribution in [1.29, 1.82) is 0 Å². The Hall–Kier alpha value is -3.70. The molecular weight excluding hydrogens is 478 g/mol. The largest absolute Gasteiger partial charge is 0.472 e. The first-order valence-electron chi connectivity index (χ1n) is 10.6. The predicted molar refractivity (Wildman–Crippen MR) is 113 cm³/mol. The van der Waals surface area contributed by atoms with Crippen LogP contribution >= 0.6 is 0 Å². The first-order chi connectivity index (χ1) is 16.4. The molecule has 3 aromatic rings. The van der Waals surface area contributed by atoms with Crippen LogP contribution < -0.4 is 20.9 Å². The highest BCUT2D eigenvalue weighted by Gasteiger charge is 2.48. The fourth-order valence-electron chi connectivity index (χ4n) is 4.75. The van der Waals surface area contributed by atoms with Crippen molar-refractivity contribution in [1.82, 2.24) is 9.97 Å². The molecule has 2 heterocycles. The van der Waals surface area contributed by atoms with E-state index in [4.69, 9.17) is 20.9 Å². The molecule has 0 spiro atoms. The molecule has 35 heavy (non-hydrogen) atoms. The normalized spacial score (nSPS) is 21.1. The molecule has 2 bridgehead atoms. The van der Waals surface area contributed by atoms with Gasteiger partial charge in [0.1, 0.15) is 11.9 Å². The number of nitrogen functional groups attached to an aromatic ring is 2. The van der Waals surface area contributed by atoms with Gasteiger partial charge in [0.25, 0.3) is 0 Å². The van der Waals surface area contributed by atoms with Crippen LogP contribution in [0.4, 0.5) is 37.7 Å². The lowest BCUT2D eigenvalue weighted by Crippen LogP contribution is -2.21. The highest BCUT2D eigenvalue weighted by Crippen LogP contribution is 2.55. The first-order valence-corrected chi connectivity index (χ1v) is 10.6. The van der Waals surface area contributed by atoms with Crippen LogP contribution in [0.2, 0.25) is 0 Å². The SMILES string of the molecule is Nc1cc(C(F)(F)F)cnc1Oc1ccc2c(c1)C1CCC2C1Oc1ncc(C(F)(F)F)cc1N. The lowest BCUT2D eigenvalue weighted by molar-refractivity contribution is -0.138. The van der Waals surface area contributed by atoms with Gasteiger partial charge in [0, 0.05) is 24.2 Å². The van der Waals surface area contributed by atoms with Crippen molar-refractivity contribution in [2.75, 3.05) is 11.5 Å². The summed E-state index contributed by atoms with van der Waals surface area (Å²) < 4.78 is 88.8. The van der Waals surface area contributed by atoms with Gasteiger partial charge in [-0.05, 0) is 48.2 Å². The van der Waals surface area contributed by atoms with Gasteiger partial charge in [0.05, 0.1) is 22.5 Å². The van der Waals surface area contributed by atoms with Gasteiger partial charge in [-0.15, -0.1) is 0 Å². The van der Waals surface area contributed by atoms with Gasteiger partial charge in [0.2, 0.25) is 11.8 Å². The number of rotatable bonds is 4. The molecule has 5 rings (SSSR count). The van der Waals surface area contributed by atoms with Crippen LogP contribution in [0.25, 0.3) is 0 Å². The van der Waals surface area contributed by atoms with E-state index in [-0.39, 0.29) is 41.1 Å². The molecule has 1 aromatic carbocycles. The van der Waals surface area contributed by atoms with Crippen LogP contribution in [0.3, 0.4) is 0 Å². The van der Waals surface area contributed by atoms with Crippen molar-refractivity contribution < 1.29 is 35.8 Å². The Kier molecular flexibility index (Phi) is 5.22. The molecule has 3 atom stereocenters. The van der Waals surface area contributed by atoms with E-state index in [0.29, 0.717) is 18.1 Å². The minimum absolute atomic E-state index is 0.0122. The topological polar surface area (TPSA) is 96.3 Å². The fourth-order valence-corrected chi connectivity index (χ4v) is 4.75. The average molecular weight is 496 g/mol. The van der Waals surface area contributed by atoms with Crippen LogP contribution in [0.1, 0.15) is 46.9 Å². The molecule has 4 N–H and O–H groups in total. The van der Waals surface area contributed by atoms with Crippen molar-refractivity contribution in [3.8, 4) is 17.5 Å². The Morgan fingerprint density at radius 1 is 0.743 bits per heavy atom. The molecule has 0 amide bonds. The van der Waals surface area contributed by atoms with Crippen molar-refractivity contribution in [3.05, 3.63) is 65.0 Å². The number of aromatic nitrogens is 2. The third-order valence-corrected chi connectivity index (χ3v) is 6.31. The summed E-state index contributed by atoms with van der Waals surface area (Å²) in [6.07, 6.45) is -6.60. The number of hydrogen-bond acceptors (Lipinski definition) is 6. The van der Waals surface area contributed by atoms with Crippen molar-refractivity contribution >= 4 is 11.4 Å². The molecule has 184 valence electrons. The van der Waals surface area contributed by atoms with Crippen LogP contribution in [-0.2, 0) is 12.4 Å². The minimum atomic E-state index is -4.58. The minimum Gasteiger partial charge on any atom is -0.472 e. The fraction of sp³-hybridized carbons (Fsp3) is 0.304. The Labute approximate surface area is 194 Å². The number of anilines is 2. The second-order valence-electron chi connectivity index (χ2n) is 8.50. The van der Waals surface area contributed by atoms with E-state index in [9.17, 15) is 26.3 Å². The molecule has 1 saturated carbocycles. The van der Waals surface area contributed by atoms with Gasteiger partial charge < -0.3 is 20.9 Å². The van der Waals surface area contributed by atoms with Gasteiger partial charge in [0.15, 0.2) is 0 Å². The Morgan fingerprint density at radius 2 is 1.29 bits per heavy atom. The maximum atomic E-state index is 12.9. The number of nitrogens with zero attached hydrogens (tertiary/aromatic N) is 2. The smallest absolute Gasteiger partial charge is 0.417 e. The first kappa shape index (κ1) is 23.1. The van der Waals surface area contributed by atoms with Crippen LogP contribution in [0, 0.1) is 0 Å². The zero-order valence-corrected chi connectivity index (χ0v) is 17.8. The van der Waals surface area contributed by atoms with E-state index in [0.717, 1.165) is 36.1 Å². The van der Waals surface area contributed by atoms with Gasteiger partial charge in [-0.2, -0.15) is 26.3 Å². The molecule has 12 heteroatoms. The Morgan fingerprint density at radius 3 is 1.83 bits per heavy atom. The number of hydrogen-bond donors (Lipinski definition) is 2. The van der Waals surface area contributed by atoms with Gasteiger partial charge in [-0.3, -0.25) is 0 Å². The number of pyridine rings is 2. The molecule has 6 nitrogen and oxygen atoms in total. The summed E-state index contributed by atoms with van der Waals surface area (Å²) in [7, 11) is 0. The molecule has 0 aliphatic heterocycles. The van der Waals surface area contributed by atoms with E-state index >= 15 is 0 Å². The quantitative estimate of drug-likeness (QED) is 0.437. The number of ether oxygens (including phenoxy) is 2. The number of fused-ring (bicyclic) bond motifs is 5. The molecule has 2 aliphatic carbocycles. The highest BCUT2D eigenvalue weighted by molar-refractivity contribution is 5.54. The van der Waals surface area contributed by atoms with E-state index < -0.39 is 23.5 Å². The number of halogens is 6. The predicted octanol–water partition coefficient (Wildman–Crippen LogP) is 5.89. The summed E-state index contributed by atoms with van der Waals surface area (Å²) in [5.74, 6) is 0.0180. The van der Waals surface area contributed by atoms with Crippen LogP contribution in [0.5, 0.6) is 17.5 Å². The summed E-state index contributed by atoms with van der Waals surface area (Å²) >= 11 is 0. The summed E-state index contributed by atoms with van der Waals surface area (Å²) in [6, 6.07) is 6.77. The third kappa shape index (κ3) is 4.17. The highest BCUT2D eigenvalue weighted by atomic mass is 19.4. The lowest BCUT2D eigenvalue weighted by Gasteiger charge is -2.19. The Bertz CT molecular complexity index is 1290. The summed E-state index contributed by atoms with van der Waals surface area (Å²) in [4.78, 5) is 7.47. The molecule has 1 fully saturated rings. The van der Waals surface area contributed by atoms with E-state index in [2.05, 4.69) is 9.97 Å². The van der Waals surface area contributed by atoms with Crippen molar-refractivity contribution in [2.45, 2.75) is 43.1 Å². The Balaban J connectivity index is 1.36. The van der Waals surface area contributed by atoms with Gasteiger partial charge >= 0.3 is 12.4 Å². The zero-order chi connectivity index (χ0) is 25.1. The summed E-state index contributed by atoms with van der Waals surface area (Å²) in [6.45, 7) is 0. The second kappa shape index (κ2) is 7.92. The van der Waals surface area contributed by atoms with Crippen LogP contribution in [0.15, 0.2) is 42.7 Å². The molecule has 2 aromatic heterocycles. The average Bonchev–Trinajstić information content (AvgIpc) is 3.30. The molecular formula is C23H18F6N4O2. The summed E-state index contributed by atoms with van der Waals surface area (Å²) in [5.41, 5.74) is 11.0. The second-order valence-corrected chi connectivity index (χ2v) is 8.50. The molecule has 3 unspecified atom stereocenters. The number of benzene rings is 1. The van der Waals surface area contributed by atoms with Crippen molar-refractivity contribution in [3.63, 3.8) is 0 Å². The van der Waals surface area contributed by atoms with E-state index in [1.807, 2.05) is 6.07 Å². The number of alkyl halides is 6. The maximum absolute atomic E-state index is 12.9. The maximum Gasteiger partial charge on any atom is 0.417 e. The third-order valence-electron chi connectivity index (χ3n) is 6.31. The van der Waals surface area contributed by atoms with Crippen LogP contribution in [-0.4, -0.2) is 16.1 Å².